The number of ether oxygens (including phenoxy) is 1. The zero-order chi connectivity index (χ0) is 21.2. The molecule has 2 aliphatic heterocycles. The Labute approximate surface area is 183 Å². The van der Waals surface area contributed by atoms with Crippen LogP contribution >= 0.6 is 0 Å². The molecule has 0 N–H and O–H groups in total. The normalized spacial score (nSPS) is 18.9. The van der Waals surface area contributed by atoms with E-state index in [-0.39, 0.29) is 12.0 Å². The molecule has 4 nitrogen and oxygen atoms in total. The molecule has 4 heteroatoms. The number of fused-ring (bicyclic) bond motifs is 1. The molecule has 5 rings (SSSR count). The van der Waals surface area contributed by atoms with Crippen LogP contribution in [0.5, 0.6) is 0 Å². The molecular formula is C27H28N2O2. The Morgan fingerprint density at radius 1 is 1.16 bits per heavy atom. The molecule has 0 bridgehead atoms. The lowest BCUT2D eigenvalue weighted by atomic mass is 9.95. The van der Waals surface area contributed by atoms with Crippen LogP contribution in [0.15, 0.2) is 66.4 Å². The molecule has 2 aromatic carbocycles. The van der Waals surface area contributed by atoms with Gasteiger partial charge >= 0.3 is 0 Å². The van der Waals surface area contributed by atoms with Crippen molar-refractivity contribution in [3.8, 4) is 11.1 Å². The lowest BCUT2D eigenvalue weighted by molar-refractivity contribution is -0.140. The van der Waals surface area contributed by atoms with Gasteiger partial charge in [-0.3, -0.25) is 9.78 Å². The first-order valence-corrected chi connectivity index (χ1v) is 11.2. The summed E-state index contributed by atoms with van der Waals surface area (Å²) < 4.78 is 5.55. The van der Waals surface area contributed by atoms with Gasteiger partial charge in [-0.2, -0.15) is 0 Å². The molecule has 2 aliphatic rings. The lowest BCUT2D eigenvalue weighted by Gasteiger charge is -2.28. The quantitative estimate of drug-likeness (QED) is 0.561. The van der Waals surface area contributed by atoms with Crippen LogP contribution in [0.1, 0.15) is 30.4 Å². The third-order valence-corrected chi connectivity index (χ3v) is 6.56. The van der Waals surface area contributed by atoms with Crippen LogP contribution in [0.4, 0.5) is 0 Å². The number of carbonyl (C=O) groups excluding carboxylic acids is 1. The van der Waals surface area contributed by atoms with Gasteiger partial charge in [0.15, 0.2) is 0 Å². The Morgan fingerprint density at radius 3 is 2.74 bits per heavy atom. The molecule has 31 heavy (non-hydrogen) atoms. The molecule has 1 saturated heterocycles. The van der Waals surface area contributed by atoms with E-state index in [9.17, 15) is 4.79 Å². The Hall–Kier alpha value is -2.98. The van der Waals surface area contributed by atoms with Crippen LogP contribution < -0.4 is 0 Å². The molecule has 0 saturated carbocycles. The standard InChI is InChI=1S/C27H28N2O2/c1-19-23-5-2-3-6-25(23)28-18-24(19)22-10-8-20(9-11-22)17-21-12-14-29(15-13-21)27(30)26-7-4-16-31-26/h2-3,5-6,8-12,18,26H,4,7,13-17H2,1H3/t26-/m1/s1. The van der Waals surface area contributed by atoms with Crippen molar-refractivity contribution in [2.24, 2.45) is 0 Å². The van der Waals surface area contributed by atoms with E-state index in [1.54, 1.807) is 0 Å². The maximum atomic E-state index is 12.5. The third-order valence-electron chi connectivity index (χ3n) is 6.56. The summed E-state index contributed by atoms with van der Waals surface area (Å²) in [7, 11) is 0. The molecule has 0 radical (unpaired) electrons. The zero-order valence-electron chi connectivity index (χ0n) is 18.0. The maximum absolute atomic E-state index is 12.5. The molecule has 3 heterocycles. The van der Waals surface area contributed by atoms with Crippen molar-refractivity contribution >= 4 is 16.8 Å². The first-order chi connectivity index (χ1) is 15.2. The fourth-order valence-electron chi connectivity index (χ4n) is 4.68. The number of aromatic nitrogens is 1. The van der Waals surface area contributed by atoms with Crippen molar-refractivity contribution in [1.82, 2.24) is 9.88 Å². The molecule has 158 valence electrons. The topological polar surface area (TPSA) is 42.4 Å². The fraction of sp³-hybridized carbons (Fsp3) is 0.333. The Bertz CT molecular complexity index is 1130. The monoisotopic (exact) mass is 412 g/mol. The minimum atomic E-state index is -0.212. The highest BCUT2D eigenvalue weighted by Crippen LogP contribution is 2.29. The van der Waals surface area contributed by atoms with Gasteiger partial charge in [0.05, 0.1) is 5.52 Å². The van der Waals surface area contributed by atoms with Crippen molar-refractivity contribution in [1.29, 1.82) is 0 Å². The number of para-hydroxylation sites is 1. The number of benzene rings is 2. The largest absolute Gasteiger partial charge is 0.368 e. The van der Waals surface area contributed by atoms with E-state index in [1.165, 1.54) is 33.2 Å². The van der Waals surface area contributed by atoms with E-state index < -0.39 is 0 Å². The molecular weight excluding hydrogens is 384 g/mol. The Kier molecular flexibility index (Phi) is 5.56. The lowest BCUT2D eigenvalue weighted by Crippen LogP contribution is -2.41. The molecule has 1 amide bonds. The predicted octanol–water partition coefficient (Wildman–Crippen LogP) is 5.09. The average molecular weight is 413 g/mol. The first-order valence-electron chi connectivity index (χ1n) is 11.2. The number of pyridine rings is 1. The average Bonchev–Trinajstić information content (AvgIpc) is 3.35. The number of carbonyl (C=O) groups is 1. The number of aryl methyl sites for hydroxylation is 1. The van der Waals surface area contributed by atoms with Gasteiger partial charge in [-0.1, -0.05) is 54.1 Å². The van der Waals surface area contributed by atoms with Crippen LogP contribution in [0.25, 0.3) is 22.0 Å². The molecule has 1 atom stereocenters. The van der Waals surface area contributed by atoms with Crippen LogP contribution in [-0.2, 0) is 16.0 Å². The highest BCUT2D eigenvalue weighted by molar-refractivity contribution is 5.88. The second kappa shape index (κ2) is 8.64. The van der Waals surface area contributed by atoms with Gasteiger partial charge < -0.3 is 9.64 Å². The maximum Gasteiger partial charge on any atom is 0.251 e. The van der Waals surface area contributed by atoms with Gasteiger partial charge in [0, 0.05) is 36.8 Å². The first kappa shape index (κ1) is 20.0. The van der Waals surface area contributed by atoms with E-state index in [0.717, 1.165) is 44.4 Å². The molecule has 1 fully saturated rings. The Morgan fingerprint density at radius 2 is 2.00 bits per heavy atom. The second-order valence-corrected chi connectivity index (χ2v) is 8.59. The van der Waals surface area contributed by atoms with Gasteiger partial charge in [-0.05, 0) is 55.4 Å². The smallest absolute Gasteiger partial charge is 0.251 e. The van der Waals surface area contributed by atoms with E-state index in [4.69, 9.17) is 4.74 Å². The van der Waals surface area contributed by atoms with Crippen molar-refractivity contribution in [3.63, 3.8) is 0 Å². The summed E-state index contributed by atoms with van der Waals surface area (Å²) in [5.41, 5.74) is 7.41. The van der Waals surface area contributed by atoms with Gasteiger partial charge in [-0.15, -0.1) is 0 Å². The summed E-state index contributed by atoms with van der Waals surface area (Å²) in [6.45, 7) is 4.39. The van der Waals surface area contributed by atoms with Crippen molar-refractivity contribution in [2.45, 2.75) is 38.7 Å². The predicted molar refractivity (Wildman–Crippen MR) is 124 cm³/mol. The number of nitrogens with zero attached hydrogens (tertiary/aromatic N) is 2. The summed E-state index contributed by atoms with van der Waals surface area (Å²) in [6.07, 6.45) is 7.74. The SMILES string of the molecule is Cc1c(-c2ccc(CC3=CCN(C(=O)[C@H]4CCCO4)CC3)cc2)cnc2ccccc12. The zero-order valence-corrected chi connectivity index (χ0v) is 18.0. The number of rotatable bonds is 4. The van der Waals surface area contributed by atoms with Crippen LogP contribution in [0.3, 0.4) is 0 Å². The molecule has 1 aromatic heterocycles. The van der Waals surface area contributed by atoms with Gasteiger partial charge in [-0.25, -0.2) is 0 Å². The van der Waals surface area contributed by atoms with Crippen molar-refractivity contribution in [3.05, 3.63) is 77.5 Å². The summed E-state index contributed by atoms with van der Waals surface area (Å²) in [4.78, 5) is 19.1. The highest BCUT2D eigenvalue weighted by atomic mass is 16.5. The van der Waals surface area contributed by atoms with Gasteiger partial charge in [0.2, 0.25) is 0 Å². The molecule has 0 aliphatic carbocycles. The molecule has 3 aromatic rings. The van der Waals surface area contributed by atoms with Crippen molar-refractivity contribution < 1.29 is 9.53 Å². The second-order valence-electron chi connectivity index (χ2n) is 8.59. The summed E-state index contributed by atoms with van der Waals surface area (Å²) in [6, 6.07) is 17.1. The van der Waals surface area contributed by atoms with E-state index in [0.29, 0.717) is 6.54 Å². The summed E-state index contributed by atoms with van der Waals surface area (Å²) >= 11 is 0. The minimum Gasteiger partial charge on any atom is -0.368 e. The van der Waals surface area contributed by atoms with E-state index in [1.807, 2.05) is 17.2 Å². The van der Waals surface area contributed by atoms with Gasteiger partial charge in [0.25, 0.3) is 5.91 Å². The van der Waals surface area contributed by atoms with E-state index in [2.05, 4.69) is 60.4 Å². The number of amides is 1. The number of hydrogen-bond acceptors (Lipinski definition) is 3. The van der Waals surface area contributed by atoms with Gasteiger partial charge in [0.1, 0.15) is 6.10 Å². The van der Waals surface area contributed by atoms with Crippen LogP contribution in [-0.4, -0.2) is 41.6 Å². The summed E-state index contributed by atoms with van der Waals surface area (Å²) in [5, 5.41) is 1.21. The van der Waals surface area contributed by atoms with E-state index >= 15 is 0 Å². The Balaban J connectivity index is 1.26. The summed E-state index contributed by atoms with van der Waals surface area (Å²) in [5.74, 6) is 0.163. The van der Waals surface area contributed by atoms with Crippen molar-refractivity contribution in [2.75, 3.05) is 19.7 Å². The number of hydrogen-bond donors (Lipinski definition) is 0. The molecule has 0 unspecified atom stereocenters. The van der Waals surface area contributed by atoms with Crippen LogP contribution in [0.2, 0.25) is 0 Å². The van der Waals surface area contributed by atoms with Crippen LogP contribution in [0, 0.1) is 6.92 Å². The minimum absolute atomic E-state index is 0.163. The third kappa shape index (κ3) is 4.13. The molecule has 0 spiro atoms. The highest BCUT2D eigenvalue weighted by Gasteiger charge is 2.28. The fourth-order valence-corrected chi connectivity index (χ4v) is 4.68.